The Morgan fingerprint density at radius 3 is 2.86 bits per heavy atom. The van der Waals surface area contributed by atoms with E-state index in [0.29, 0.717) is 6.42 Å². The molecule has 1 unspecified atom stereocenters. The summed E-state index contributed by atoms with van der Waals surface area (Å²) >= 11 is 1.04. The van der Waals surface area contributed by atoms with Crippen LogP contribution in [0.5, 0.6) is 0 Å². The molecule has 0 aliphatic rings. The number of aliphatic carboxylic acids is 1. The molecule has 1 amide bonds. The van der Waals surface area contributed by atoms with Crippen molar-refractivity contribution in [1.29, 1.82) is 0 Å². The van der Waals surface area contributed by atoms with Crippen molar-refractivity contribution in [2.24, 2.45) is 0 Å². The van der Waals surface area contributed by atoms with E-state index < -0.39 is 17.9 Å². The molecule has 6 nitrogen and oxygen atoms in total. The van der Waals surface area contributed by atoms with Gasteiger partial charge in [0.05, 0.1) is 0 Å². The lowest BCUT2D eigenvalue weighted by Gasteiger charge is -2.10. The summed E-state index contributed by atoms with van der Waals surface area (Å²) in [5, 5.41) is 16.0. The number of carbonyl (C=O) groups excluding carboxylic acids is 1. The van der Waals surface area contributed by atoms with Gasteiger partial charge in [0, 0.05) is 5.38 Å². The minimum atomic E-state index is -1.05. The first-order chi connectivity index (χ1) is 6.65. The molecular weight excluding hydrogens is 206 g/mol. The Kier molecular flexibility index (Phi) is 3.52. The molecule has 0 radical (unpaired) electrons. The SMILES string of the molecule is CCC(NC(=O)c1csnn1)C(=O)O. The van der Waals surface area contributed by atoms with Gasteiger partial charge in [0.1, 0.15) is 6.04 Å². The largest absolute Gasteiger partial charge is 0.480 e. The maximum absolute atomic E-state index is 11.3. The van der Waals surface area contributed by atoms with Gasteiger partial charge in [0.25, 0.3) is 5.91 Å². The van der Waals surface area contributed by atoms with Gasteiger partial charge in [-0.15, -0.1) is 5.10 Å². The summed E-state index contributed by atoms with van der Waals surface area (Å²) in [6.07, 6.45) is 0.332. The quantitative estimate of drug-likeness (QED) is 0.744. The van der Waals surface area contributed by atoms with Crippen LogP contribution >= 0.6 is 11.5 Å². The first kappa shape index (κ1) is 10.6. The molecule has 0 spiro atoms. The van der Waals surface area contributed by atoms with Gasteiger partial charge < -0.3 is 10.4 Å². The van der Waals surface area contributed by atoms with E-state index in [1.807, 2.05) is 0 Å². The fourth-order valence-corrected chi connectivity index (χ4v) is 1.27. The average Bonchev–Trinajstić information content (AvgIpc) is 2.65. The van der Waals surface area contributed by atoms with Gasteiger partial charge in [-0.05, 0) is 18.0 Å². The molecule has 1 atom stereocenters. The third-order valence-corrected chi connectivity index (χ3v) is 2.11. The molecular formula is C7H9N3O3S. The van der Waals surface area contributed by atoms with Crippen molar-refractivity contribution in [3.8, 4) is 0 Å². The highest BCUT2D eigenvalue weighted by molar-refractivity contribution is 7.03. The molecule has 0 aromatic carbocycles. The first-order valence-corrected chi connectivity index (χ1v) is 4.79. The van der Waals surface area contributed by atoms with Crippen molar-refractivity contribution in [1.82, 2.24) is 14.9 Å². The van der Waals surface area contributed by atoms with E-state index >= 15 is 0 Å². The molecule has 1 aromatic heterocycles. The van der Waals surface area contributed by atoms with E-state index in [4.69, 9.17) is 5.11 Å². The molecule has 0 bridgehead atoms. The predicted molar refractivity (Wildman–Crippen MR) is 49.1 cm³/mol. The molecule has 1 aromatic rings. The second kappa shape index (κ2) is 4.66. The average molecular weight is 215 g/mol. The van der Waals surface area contributed by atoms with Crippen LogP contribution in [0.1, 0.15) is 23.8 Å². The monoisotopic (exact) mass is 215 g/mol. The number of aromatic nitrogens is 2. The normalized spacial score (nSPS) is 12.1. The summed E-state index contributed by atoms with van der Waals surface area (Å²) < 4.78 is 3.50. The standard InChI is InChI=1S/C7H9N3O3S/c1-2-4(7(12)13)8-6(11)5-3-14-10-9-5/h3-4H,2H2,1H3,(H,8,11)(H,12,13). The van der Waals surface area contributed by atoms with Crippen LogP contribution in [0.4, 0.5) is 0 Å². The van der Waals surface area contributed by atoms with Crippen molar-refractivity contribution < 1.29 is 14.7 Å². The number of hydrogen-bond donors (Lipinski definition) is 2. The van der Waals surface area contributed by atoms with Gasteiger partial charge in [-0.3, -0.25) is 4.79 Å². The summed E-state index contributed by atoms with van der Waals surface area (Å²) in [4.78, 5) is 21.9. The fourth-order valence-electron chi connectivity index (χ4n) is 0.834. The molecule has 76 valence electrons. The van der Waals surface area contributed by atoms with Crippen molar-refractivity contribution >= 4 is 23.4 Å². The summed E-state index contributed by atoms with van der Waals surface area (Å²) in [5.74, 6) is -1.56. The highest BCUT2D eigenvalue weighted by atomic mass is 32.1. The van der Waals surface area contributed by atoms with Crippen molar-refractivity contribution in [2.75, 3.05) is 0 Å². The molecule has 0 aliphatic heterocycles. The Morgan fingerprint density at radius 1 is 1.71 bits per heavy atom. The summed E-state index contributed by atoms with van der Waals surface area (Å²) in [6, 6.07) is -0.871. The van der Waals surface area contributed by atoms with Crippen LogP contribution in [0, 0.1) is 0 Å². The first-order valence-electron chi connectivity index (χ1n) is 3.96. The Morgan fingerprint density at radius 2 is 2.43 bits per heavy atom. The number of amides is 1. The molecule has 1 heterocycles. The third kappa shape index (κ3) is 2.49. The second-order valence-corrected chi connectivity index (χ2v) is 3.17. The van der Waals surface area contributed by atoms with Crippen LogP contribution in [-0.2, 0) is 4.79 Å². The number of rotatable bonds is 4. The van der Waals surface area contributed by atoms with Crippen LogP contribution in [0.2, 0.25) is 0 Å². The Balaban J connectivity index is 2.60. The lowest BCUT2D eigenvalue weighted by molar-refractivity contribution is -0.139. The van der Waals surface area contributed by atoms with Crippen LogP contribution in [-0.4, -0.2) is 32.6 Å². The maximum atomic E-state index is 11.3. The number of carboxylic acids is 1. The lowest BCUT2D eigenvalue weighted by atomic mass is 10.2. The maximum Gasteiger partial charge on any atom is 0.326 e. The van der Waals surface area contributed by atoms with E-state index in [9.17, 15) is 9.59 Å². The van der Waals surface area contributed by atoms with E-state index in [-0.39, 0.29) is 5.69 Å². The van der Waals surface area contributed by atoms with E-state index in [1.165, 1.54) is 5.38 Å². The molecule has 0 fully saturated rings. The van der Waals surface area contributed by atoms with Gasteiger partial charge in [0.2, 0.25) is 0 Å². The van der Waals surface area contributed by atoms with Crippen LogP contribution in [0.3, 0.4) is 0 Å². The van der Waals surface area contributed by atoms with Gasteiger partial charge >= 0.3 is 5.97 Å². The zero-order chi connectivity index (χ0) is 10.6. The Bertz CT molecular complexity index is 325. The van der Waals surface area contributed by atoms with Crippen LogP contribution in [0.25, 0.3) is 0 Å². The third-order valence-electron chi connectivity index (χ3n) is 1.60. The van der Waals surface area contributed by atoms with Crippen molar-refractivity contribution in [3.63, 3.8) is 0 Å². The number of carboxylic acid groups (broad SMARTS) is 1. The van der Waals surface area contributed by atoms with Gasteiger partial charge in [-0.2, -0.15) is 0 Å². The molecule has 2 N–H and O–H groups in total. The molecule has 14 heavy (non-hydrogen) atoms. The predicted octanol–water partition coefficient (Wildman–Crippen LogP) is 0.131. The van der Waals surface area contributed by atoms with Gasteiger partial charge in [-0.1, -0.05) is 11.4 Å². The number of hydrogen-bond acceptors (Lipinski definition) is 5. The molecule has 0 saturated carbocycles. The molecule has 0 saturated heterocycles. The number of nitrogens with zero attached hydrogens (tertiary/aromatic N) is 2. The smallest absolute Gasteiger partial charge is 0.326 e. The number of carbonyl (C=O) groups is 2. The van der Waals surface area contributed by atoms with Gasteiger partial charge in [-0.25, -0.2) is 4.79 Å². The Labute approximate surface area is 84.1 Å². The summed E-state index contributed by atoms with van der Waals surface area (Å²) in [5.41, 5.74) is 0.148. The Hall–Kier alpha value is -1.50. The number of nitrogens with one attached hydrogen (secondary N) is 1. The highest BCUT2D eigenvalue weighted by Gasteiger charge is 2.19. The van der Waals surface area contributed by atoms with E-state index in [0.717, 1.165) is 11.5 Å². The van der Waals surface area contributed by atoms with Crippen LogP contribution in [0.15, 0.2) is 5.38 Å². The molecule has 0 aliphatic carbocycles. The fraction of sp³-hybridized carbons (Fsp3) is 0.429. The van der Waals surface area contributed by atoms with Crippen molar-refractivity contribution in [3.05, 3.63) is 11.1 Å². The highest BCUT2D eigenvalue weighted by Crippen LogP contribution is 1.99. The molecule has 1 rings (SSSR count). The second-order valence-electron chi connectivity index (χ2n) is 2.56. The van der Waals surface area contributed by atoms with Crippen LogP contribution < -0.4 is 5.32 Å². The van der Waals surface area contributed by atoms with Gasteiger partial charge in [0.15, 0.2) is 5.69 Å². The summed E-state index contributed by atoms with van der Waals surface area (Å²) in [7, 11) is 0. The van der Waals surface area contributed by atoms with E-state index in [2.05, 4.69) is 14.9 Å². The molecule has 7 heteroatoms. The van der Waals surface area contributed by atoms with E-state index in [1.54, 1.807) is 6.92 Å². The topological polar surface area (TPSA) is 92.2 Å². The lowest BCUT2D eigenvalue weighted by Crippen LogP contribution is -2.40. The minimum Gasteiger partial charge on any atom is -0.480 e. The van der Waals surface area contributed by atoms with Crippen molar-refractivity contribution in [2.45, 2.75) is 19.4 Å². The summed E-state index contributed by atoms with van der Waals surface area (Å²) in [6.45, 7) is 1.68. The zero-order valence-corrected chi connectivity index (χ0v) is 8.24. The zero-order valence-electron chi connectivity index (χ0n) is 7.43. The minimum absolute atomic E-state index is 0.148.